The quantitative estimate of drug-likeness (QED) is 0.540. The third-order valence-electron chi connectivity index (χ3n) is 5.61. The second-order valence-corrected chi connectivity index (χ2v) is 7.64. The van der Waals surface area contributed by atoms with Crippen LogP contribution in [0.25, 0.3) is 21.9 Å². The van der Waals surface area contributed by atoms with Crippen LogP contribution < -0.4 is 10.2 Å². The molecule has 1 aromatic heterocycles. The number of hydrogen-bond donors (Lipinski definition) is 2. The lowest BCUT2D eigenvalue weighted by atomic mass is 10.1. The Kier molecular flexibility index (Phi) is 4.77. The van der Waals surface area contributed by atoms with Crippen molar-refractivity contribution >= 4 is 39.2 Å². The summed E-state index contributed by atoms with van der Waals surface area (Å²) in [5, 5.41) is 14.5. The third-order valence-corrected chi connectivity index (χ3v) is 5.61. The first-order chi connectivity index (χ1) is 14.7. The van der Waals surface area contributed by atoms with Crippen LogP contribution in [0, 0.1) is 0 Å². The van der Waals surface area contributed by atoms with Crippen molar-refractivity contribution in [2.24, 2.45) is 0 Å². The number of nitrogens with zero attached hydrogens (tertiary/aromatic N) is 2. The van der Waals surface area contributed by atoms with Crippen molar-refractivity contribution in [1.29, 1.82) is 0 Å². The molecule has 6 nitrogen and oxygen atoms in total. The number of carbonyl (C=O) groups excluding carboxylic acids is 1. The van der Waals surface area contributed by atoms with Gasteiger partial charge in [-0.2, -0.15) is 0 Å². The van der Waals surface area contributed by atoms with Crippen molar-refractivity contribution in [3.05, 3.63) is 66.7 Å². The van der Waals surface area contributed by atoms with Crippen LogP contribution in [0.4, 0.5) is 11.4 Å². The summed E-state index contributed by atoms with van der Waals surface area (Å²) >= 11 is 0. The highest BCUT2D eigenvalue weighted by Gasteiger charge is 2.19. The first-order valence-corrected chi connectivity index (χ1v) is 10.1. The number of fused-ring (bicyclic) bond motifs is 3. The predicted molar refractivity (Wildman–Crippen MR) is 119 cm³/mol. The third kappa shape index (κ3) is 3.69. The van der Waals surface area contributed by atoms with Crippen molar-refractivity contribution < 1.29 is 14.3 Å². The highest BCUT2D eigenvalue weighted by molar-refractivity contribution is 6.07. The average molecular weight is 401 g/mol. The summed E-state index contributed by atoms with van der Waals surface area (Å²) < 4.78 is 5.85. The smallest absolute Gasteiger partial charge is 0.238 e. The maximum atomic E-state index is 12.6. The number of aromatic hydroxyl groups is 1. The molecule has 0 saturated carbocycles. The minimum atomic E-state index is -0.0137. The summed E-state index contributed by atoms with van der Waals surface area (Å²) in [5.41, 5.74) is 3.54. The molecule has 1 aliphatic heterocycles. The molecule has 30 heavy (non-hydrogen) atoms. The molecule has 2 heterocycles. The molecule has 0 radical (unpaired) electrons. The Labute approximate surface area is 174 Å². The standard InChI is InChI=1S/C24H23N3O3/c28-19-8-6-18(7-9-19)27-13-11-26(12-14-27)16-24(29)25-17-5-10-23-21(15-17)20-3-1-2-4-22(20)30-23/h1-10,15,28H,11-14,16H2,(H,25,29). The Balaban J connectivity index is 1.20. The molecule has 1 aliphatic rings. The van der Waals surface area contributed by atoms with E-state index in [9.17, 15) is 9.90 Å². The second kappa shape index (κ2) is 7.72. The minimum Gasteiger partial charge on any atom is -0.508 e. The number of anilines is 2. The number of phenols is 1. The van der Waals surface area contributed by atoms with Gasteiger partial charge in [0.1, 0.15) is 16.9 Å². The molecule has 1 saturated heterocycles. The highest BCUT2D eigenvalue weighted by atomic mass is 16.3. The predicted octanol–water partition coefficient (Wildman–Crippen LogP) is 4.05. The Morgan fingerprint density at radius 2 is 1.63 bits per heavy atom. The maximum Gasteiger partial charge on any atom is 0.238 e. The molecule has 152 valence electrons. The van der Waals surface area contributed by atoms with Crippen LogP contribution >= 0.6 is 0 Å². The molecule has 0 unspecified atom stereocenters. The number of benzene rings is 3. The van der Waals surface area contributed by atoms with E-state index in [1.807, 2.05) is 54.6 Å². The Bertz CT molecular complexity index is 1190. The van der Waals surface area contributed by atoms with Crippen molar-refractivity contribution in [3.8, 4) is 5.75 Å². The zero-order valence-corrected chi connectivity index (χ0v) is 16.5. The summed E-state index contributed by atoms with van der Waals surface area (Å²) in [4.78, 5) is 17.0. The normalized spacial score (nSPS) is 15.0. The van der Waals surface area contributed by atoms with E-state index in [-0.39, 0.29) is 11.7 Å². The van der Waals surface area contributed by atoms with Gasteiger partial charge < -0.3 is 19.7 Å². The highest BCUT2D eigenvalue weighted by Crippen LogP contribution is 2.30. The summed E-state index contributed by atoms with van der Waals surface area (Å²) in [6, 6.07) is 20.9. The van der Waals surface area contributed by atoms with Gasteiger partial charge in [-0.1, -0.05) is 18.2 Å². The van der Waals surface area contributed by atoms with Gasteiger partial charge in [-0.15, -0.1) is 0 Å². The lowest BCUT2D eigenvalue weighted by Gasteiger charge is -2.35. The van der Waals surface area contributed by atoms with Gasteiger partial charge >= 0.3 is 0 Å². The van der Waals surface area contributed by atoms with E-state index in [0.717, 1.165) is 59.5 Å². The molecule has 0 atom stereocenters. The number of carbonyl (C=O) groups is 1. The zero-order valence-electron chi connectivity index (χ0n) is 16.5. The van der Waals surface area contributed by atoms with Crippen LogP contribution in [0.15, 0.2) is 71.1 Å². The SMILES string of the molecule is O=C(CN1CCN(c2ccc(O)cc2)CC1)Nc1ccc2oc3ccccc3c2c1. The Morgan fingerprint density at radius 1 is 0.900 bits per heavy atom. The summed E-state index contributed by atoms with van der Waals surface area (Å²) in [6.07, 6.45) is 0. The van der Waals surface area contributed by atoms with Crippen molar-refractivity contribution in [2.45, 2.75) is 0 Å². The first kappa shape index (κ1) is 18.5. The number of amides is 1. The van der Waals surface area contributed by atoms with Gasteiger partial charge in [0.05, 0.1) is 6.54 Å². The molecule has 5 rings (SSSR count). The summed E-state index contributed by atoms with van der Waals surface area (Å²) in [6.45, 7) is 3.71. The number of piperazine rings is 1. The molecule has 2 N–H and O–H groups in total. The Hall–Kier alpha value is -3.51. The van der Waals surface area contributed by atoms with Crippen LogP contribution in [0.1, 0.15) is 0 Å². The van der Waals surface area contributed by atoms with Crippen molar-refractivity contribution in [2.75, 3.05) is 42.9 Å². The topological polar surface area (TPSA) is 69.0 Å². The number of phenolic OH excluding ortho intramolecular Hbond substituents is 1. The summed E-state index contributed by atoms with van der Waals surface area (Å²) in [7, 11) is 0. The molecule has 0 spiro atoms. The van der Waals surface area contributed by atoms with E-state index in [4.69, 9.17) is 4.42 Å². The van der Waals surface area contributed by atoms with Gasteiger partial charge in [0.25, 0.3) is 0 Å². The fourth-order valence-electron chi connectivity index (χ4n) is 4.04. The van der Waals surface area contributed by atoms with Gasteiger partial charge in [-0.25, -0.2) is 0 Å². The van der Waals surface area contributed by atoms with Crippen molar-refractivity contribution in [1.82, 2.24) is 4.90 Å². The molecular weight excluding hydrogens is 378 g/mol. The molecule has 0 bridgehead atoms. The Morgan fingerprint density at radius 3 is 2.43 bits per heavy atom. The number of furan rings is 1. The van der Waals surface area contributed by atoms with E-state index in [2.05, 4.69) is 15.1 Å². The monoisotopic (exact) mass is 401 g/mol. The van der Waals surface area contributed by atoms with E-state index >= 15 is 0 Å². The molecule has 6 heteroatoms. The van der Waals surface area contributed by atoms with Gasteiger partial charge in [-0.05, 0) is 48.5 Å². The van der Waals surface area contributed by atoms with Gasteiger partial charge in [0, 0.05) is 48.3 Å². The van der Waals surface area contributed by atoms with Crippen LogP contribution in [-0.4, -0.2) is 48.6 Å². The fraction of sp³-hybridized carbons (Fsp3) is 0.208. The van der Waals surface area contributed by atoms with Gasteiger partial charge in [0.15, 0.2) is 0 Å². The maximum absolute atomic E-state index is 12.6. The van der Waals surface area contributed by atoms with Crippen LogP contribution in [0.3, 0.4) is 0 Å². The van der Waals surface area contributed by atoms with E-state index in [1.165, 1.54) is 0 Å². The fourth-order valence-corrected chi connectivity index (χ4v) is 4.04. The largest absolute Gasteiger partial charge is 0.508 e. The minimum absolute atomic E-state index is 0.0137. The van der Waals surface area contributed by atoms with E-state index in [0.29, 0.717) is 6.54 Å². The number of hydrogen-bond acceptors (Lipinski definition) is 5. The van der Waals surface area contributed by atoms with Crippen LogP contribution in [-0.2, 0) is 4.79 Å². The van der Waals surface area contributed by atoms with E-state index < -0.39 is 0 Å². The van der Waals surface area contributed by atoms with Gasteiger partial charge in [-0.3, -0.25) is 9.69 Å². The molecule has 1 amide bonds. The number of para-hydroxylation sites is 1. The van der Waals surface area contributed by atoms with Crippen LogP contribution in [0.5, 0.6) is 5.75 Å². The number of nitrogens with one attached hydrogen (secondary N) is 1. The molecule has 0 aliphatic carbocycles. The molecule has 4 aromatic rings. The van der Waals surface area contributed by atoms with Gasteiger partial charge in [0.2, 0.25) is 5.91 Å². The summed E-state index contributed by atoms with van der Waals surface area (Å²) in [5.74, 6) is 0.260. The van der Waals surface area contributed by atoms with Crippen LogP contribution in [0.2, 0.25) is 0 Å². The lowest BCUT2D eigenvalue weighted by molar-refractivity contribution is -0.117. The average Bonchev–Trinajstić information content (AvgIpc) is 3.13. The van der Waals surface area contributed by atoms with Crippen molar-refractivity contribution in [3.63, 3.8) is 0 Å². The second-order valence-electron chi connectivity index (χ2n) is 7.64. The number of rotatable bonds is 4. The first-order valence-electron chi connectivity index (χ1n) is 10.1. The molecule has 1 fully saturated rings. The molecular formula is C24H23N3O3. The molecule has 3 aromatic carbocycles. The lowest BCUT2D eigenvalue weighted by Crippen LogP contribution is -2.48. The van der Waals surface area contributed by atoms with E-state index in [1.54, 1.807) is 12.1 Å². The zero-order chi connectivity index (χ0) is 20.5.